The average molecular weight is 411 g/mol. The van der Waals surface area contributed by atoms with Gasteiger partial charge in [-0.2, -0.15) is 4.68 Å². The highest BCUT2D eigenvalue weighted by Gasteiger charge is 2.13. The van der Waals surface area contributed by atoms with Crippen LogP contribution in [0, 0.1) is 0 Å². The summed E-state index contributed by atoms with van der Waals surface area (Å²) in [6, 6.07) is 20.5. The number of rotatable bonds is 6. The molecule has 152 valence electrons. The fourth-order valence-corrected chi connectivity index (χ4v) is 3.18. The van der Waals surface area contributed by atoms with Crippen LogP contribution in [0.5, 0.6) is 5.75 Å². The minimum absolute atomic E-state index is 0.239. The number of H-pyrrole nitrogens is 1. The monoisotopic (exact) mass is 411 g/mol. The van der Waals surface area contributed by atoms with E-state index in [1.54, 1.807) is 42.7 Å². The lowest BCUT2D eigenvalue weighted by Gasteiger charge is -2.13. The van der Waals surface area contributed by atoms with Gasteiger partial charge in [0.25, 0.3) is 5.91 Å². The van der Waals surface area contributed by atoms with Gasteiger partial charge in [-0.15, -0.1) is 5.10 Å². The first-order valence-corrected chi connectivity index (χ1v) is 9.55. The minimum atomic E-state index is -0.239. The molecule has 2 aromatic heterocycles. The smallest absolute Gasteiger partial charge is 0.255 e. The van der Waals surface area contributed by atoms with Crippen LogP contribution in [0.2, 0.25) is 0 Å². The predicted molar refractivity (Wildman–Crippen MR) is 114 cm³/mol. The summed E-state index contributed by atoms with van der Waals surface area (Å²) in [5, 5.41) is 14.3. The molecular weight excluding hydrogens is 394 g/mol. The Kier molecular flexibility index (Phi) is 4.82. The third-order valence-electron chi connectivity index (χ3n) is 4.73. The zero-order valence-electron chi connectivity index (χ0n) is 16.3. The molecule has 2 heterocycles. The van der Waals surface area contributed by atoms with E-state index >= 15 is 0 Å². The number of hydrogen-bond acceptors (Lipinski definition) is 6. The van der Waals surface area contributed by atoms with Gasteiger partial charge in [0, 0.05) is 11.3 Å². The van der Waals surface area contributed by atoms with Gasteiger partial charge in [-0.3, -0.25) is 4.79 Å². The lowest BCUT2D eigenvalue weighted by atomic mass is 10.1. The number of aromatic nitrogens is 6. The largest absolute Gasteiger partial charge is 0.487 e. The molecule has 0 spiro atoms. The van der Waals surface area contributed by atoms with Gasteiger partial charge in [-0.1, -0.05) is 30.3 Å². The molecule has 0 radical (unpaired) electrons. The molecule has 0 aliphatic heterocycles. The highest BCUT2D eigenvalue weighted by atomic mass is 16.5. The maximum absolute atomic E-state index is 12.7. The van der Waals surface area contributed by atoms with Crippen molar-refractivity contribution in [3.8, 4) is 11.4 Å². The number of ether oxygens (including phenoxy) is 1. The molecule has 0 fully saturated rings. The van der Waals surface area contributed by atoms with Gasteiger partial charge in [-0.05, 0) is 52.4 Å². The summed E-state index contributed by atoms with van der Waals surface area (Å²) in [4.78, 5) is 19.9. The number of nitrogens with zero attached hydrogens (tertiary/aromatic N) is 5. The molecular formula is C22H17N7O2. The van der Waals surface area contributed by atoms with Crippen molar-refractivity contribution in [3.05, 3.63) is 90.5 Å². The molecule has 0 saturated heterocycles. The van der Waals surface area contributed by atoms with E-state index in [0.717, 1.165) is 16.6 Å². The number of hydrogen-bond donors (Lipinski definition) is 2. The Labute approximate surface area is 176 Å². The predicted octanol–water partition coefficient (Wildman–Crippen LogP) is 3.37. The Bertz CT molecular complexity index is 1330. The maximum atomic E-state index is 12.7. The number of aromatic amines is 1. The van der Waals surface area contributed by atoms with Crippen molar-refractivity contribution in [3.63, 3.8) is 0 Å². The summed E-state index contributed by atoms with van der Waals surface area (Å²) >= 11 is 0. The fourth-order valence-electron chi connectivity index (χ4n) is 3.18. The first-order valence-electron chi connectivity index (χ1n) is 9.55. The molecule has 2 N–H and O–H groups in total. The van der Waals surface area contributed by atoms with Crippen LogP contribution in [0.1, 0.15) is 15.9 Å². The number of fused-ring (bicyclic) bond motifs is 1. The summed E-state index contributed by atoms with van der Waals surface area (Å²) in [5.41, 5.74) is 4.36. The normalized spacial score (nSPS) is 10.8. The molecule has 1 amide bonds. The minimum Gasteiger partial charge on any atom is -0.487 e. The summed E-state index contributed by atoms with van der Waals surface area (Å²) in [6.07, 6.45) is 3.07. The lowest BCUT2D eigenvalue weighted by Crippen LogP contribution is -2.12. The Hall–Kier alpha value is -4.53. The number of carbonyl (C=O) groups is 1. The third kappa shape index (κ3) is 3.97. The van der Waals surface area contributed by atoms with Gasteiger partial charge < -0.3 is 15.0 Å². The van der Waals surface area contributed by atoms with E-state index in [2.05, 4.69) is 30.8 Å². The molecule has 9 nitrogen and oxygen atoms in total. The molecule has 0 saturated carbocycles. The van der Waals surface area contributed by atoms with E-state index in [1.807, 2.05) is 30.3 Å². The van der Waals surface area contributed by atoms with Crippen molar-refractivity contribution < 1.29 is 9.53 Å². The second-order valence-electron chi connectivity index (χ2n) is 6.80. The maximum Gasteiger partial charge on any atom is 0.255 e. The van der Waals surface area contributed by atoms with Gasteiger partial charge in [-0.25, -0.2) is 4.98 Å². The Morgan fingerprint density at radius 2 is 1.97 bits per heavy atom. The number of tetrazole rings is 1. The Morgan fingerprint density at radius 3 is 2.81 bits per heavy atom. The molecule has 0 unspecified atom stereocenters. The SMILES string of the molecule is O=C(Nc1ccc(OCc2ccccc2)c(-n2cnnn2)c1)c1ccc2nc[nH]c2c1. The molecule has 0 bridgehead atoms. The molecule has 0 aliphatic carbocycles. The van der Waals surface area contributed by atoms with E-state index in [0.29, 0.717) is 29.3 Å². The van der Waals surface area contributed by atoms with Crippen LogP contribution in [0.4, 0.5) is 5.69 Å². The van der Waals surface area contributed by atoms with Crippen LogP contribution >= 0.6 is 0 Å². The second-order valence-corrected chi connectivity index (χ2v) is 6.80. The van der Waals surface area contributed by atoms with Crippen molar-refractivity contribution in [2.75, 3.05) is 5.32 Å². The molecule has 3 aromatic carbocycles. The molecule has 31 heavy (non-hydrogen) atoms. The van der Waals surface area contributed by atoms with Gasteiger partial charge in [0.1, 0.15) is 24.4 Å². The fraction of sp³-hybridized carbons (Fsp3) is 0.0455. The molecule has 5 aromatic rings. The second kappa shape index (κ2) is 8.07. The van der Waals surface area contributed by atoms with Gasteiger partial charge in [0.05, 0.1) is 17.4 Å². The van der Waals surface area contributed by atoms with E-state index in [1.165, 1.54) is 11.0 Å². The van der Waals surface area contributed by atoms with E-state index in [9.17, 15) is 4.79 Å². The summed E-state index contributed by atoms with van der Waals surface area (Å²) < 4.78 is 7.48. The average Bonchev–Trinajstić information content (AvgIpc) is 3.50. The molecule has 9 heteroatoms. The van der Waals surface area contributed by atoms with Crippen molar-refractivity contribution in [2.45, 2.75) is 6.61 Å². The number of nitrogens with one attached hydrogen (secondary N) is 2. The lowest BCUT2D eigenvalue weighted by molar-refractivity contribution is 0.102. The van der Waals surface area contributed by atoms with Gasteiger partial charge in [0.2, 0.25) is 0 Å². The van der Waals surface area contributed by atoms with E-state index in [-0.39, 0.29) is 5.91 Å². The van der Waals surface area contributed by atoms with Crippen LogP contribution in [-0.4, -0.2) is 36.1 Å². The number of anilines is 1. The molecule has 5 rings (SSSR count). The quantitative estimate of drug-likeness (QED) is 0.443. The number of imidazole rings is 1. The topological polar surface area (TPSA) is 111 Å². The summed E-state index contributed by atoms with van der Waals surface area (Å²) in [6.45, 7) is 0.395. The number of amides is 1. The highest BCUT2D eigenvalue weighted by Crippen LogP contribution is 2.27. The van der Waals surface area contributed by atoms with Gasteiger partial charge in [0.15, 0.2) is 0 Å². The van der Waals surface area contributed by atoms with Gasteiger partial charge >= 0.3 is 0 Å². The third-order valence-corrected chi connectivity index (χ3v) is 4.73. The summed E-state index contributed by atoms with van der Waals surface area (Å²) in [7, 11) is 0. The van der Waals surface area contributed by atoms with E-state index in [4.69, 9.17) is 4.74 Å². The van der Waals surface area contributed by atoms with Crippen LogP contribution < -0.4 is 10.1 Å². The van der Waals surface area contributed by atoms with Crippen molar-refractivity contribution >= 4 is 22.6 Å². The first-order chi connectivity index (χ1) is 15.3. The Balaban J connectivity index is 1.40. The first kappa shape index (κ1) is 18.5. The molecule has 0 atom stereocenters. The number of carbonyl (C=O) groups excluding carboxylic acids is 1. The van der Waals surface area contributed by atoms with Crippen molar-refractivity contribution in [1.82, 2.24) is 30.2 Å². The summed E-state index contributed by atoms with van der Waals surface area (Å²) in [5.74, 6) is 0.352. The zero-order valence-corrected chi connectivity index (χ0v) is 16.3. The number of benzene rings is 3. The van der Waals surface area contributed by atoms with Crippen LogP contribution in [0.25, 0.3) is 16.7 Å². The highest BCUT2D eigenvalue weighted by molar-refractivity contribution is 6.06. The molecule has 0 aliphatic rings. The zero-order chi connectivity index (χ0) is 21.0. The van der Waals surface area contributed by atoms with Crippen molar-refractivity contribution in [2.24, 2.45) is 0 Å². The van der Waals surface area contributed by atoms with E-state index < -0.39 is 0 Å². The van der Waals surface area contributed by atoms with Crippen LogP contribution in [0.3, 0.4) is 0 Å². The van der Waals surface area contributed by atoms with Crippen LogP contribution in [-0.2, 0) is 6.61 Å². The van der Waals surface area contributed by atoms with Crippen molar-refractivity contribution in [1.29, 1.82) is 0 Å². The standard InChI is InChI=1S/C22H17N7O2/c30-22(16-6-8-18-19(10-16)24-13-23-18)26-17-7-9-21(20(11-17)29-14-25-27-28-29)31-12-15-4-2-1-3-5-15/h1-11,13-14H,12H2,(H,23,24)(H,26,30). The Morgan fingerprint density at radius 1 is 1.06 bits per heavy atom. The van der Waals surface area contributed by atoms with Crippen LogP contribution in [0.15, 0.2) is 79.4 Å².